The van der Waals surface area contributed by atoms with Crippen molar-refractivity contribution in [2.45, 2.75) is 25.4 Å². The zero-order valence-corrected chi connectivity index (χ0v) is 10.4. The number of benzene rings is 1. The molecule has 4 heteroatoms. The molecular formula is C14H18FNO2. The lowest BCUT2D eigenvalue weighted by Crippen LogP contribution is -2.27. The van der Waals surface area contributed by atoms with Gasteiger partial charge in [-0.3, -0.25) is 0 Å². The van der Waals surface area contributed by atoms with Gasteiger partial charge in [0.05, 0.1) is 0 Å². The van der Waals surface area contributed by atoms with Gasteiger partial charge in [-0.25, -0.2) is 4.39 Å². The molecule has 18 heavy (non-hydrogen) atoms. The predicted octanol–water partition coefficient (Wildman–Crippen LogP) is 2.39. The summed E-state index contributed by atoms with van der Waals surface area (Å²) in [5.74, 6) is 2.00. The molecule has 0 bridgehead atoms. The Kier molecular flexibility index (Phi) is 3.37. The van der Waals surface area contributed by atoms with Gasteiger partial charge in [-0.05, 0) is 49.5 Å². The van der Waals surface area contributed by atoms with E-state index in [1.165, 1.54) is 0 Å². The van der Waals surface area contributed by atoms with Gasteiger partial charge in [0.1, 0.15) is 19.9 Å². The Balaban J connectivity index is 1.99. The van der Waals surface area contributed by atoms with Gasteiger partial charge in [0.15, 0.2) is 11.5 Å². The average molecular weight is 251 g/mol. The molecule has 2 aliphatic rings. The van der Waals surface area contributed by atoms with Crippen LogP contribution in [0.5, 0.6) is 11.5 Å². The molecule has 0 aromatic heterocycles. The Morgan fingerprint density at radius 1 is 1.17 bits per heavy atom. The van der Waals surface area contributed by atoms with E-state index in [1.54, 1.807) is 6.07 Å². The van der Waals surface area contributed by atoms with Crippen LogP contribution < -0.4 is 14.8 Å². The standard InChI is InChI=1S/C14H18FNO2/c15-9-10-7-12(11-1-3-16-4-2-11)14-13(8-10)17-5-6-18-14/h7-8,11,16H,1-6,9H2. The molecule has 1 saturated heterocycles. The van der Waals surface area contributed by atoms with Gasteiger partial charge in [-0.2, -0.15) is 0 Å². The summed E-state index contributed by atoms with van der Waals surface area (Å²) in [5.41, 5.74) is 1.81. The fourth-order valence-electron chi connectivity index (χ4n) is 2.75. The lowest BCUT2D eigenvalue weighted by molar-refractivity contribution is 0.168. The molecule has 98 valence electrons. The van der Waals surface area contributed by atoms with Gasteiger partial charge >= 0.3 is 0 Å². The fourth-order valence-corrected chi connectivity index (χ4v) is 2.75. The molecule has 0 spiro atoms. The van der Waals surface area contributed by atoms with E-state index >= 15 is 0 Å². The quantitative estimate of drug-likeness (QED) is 0.875. The van der Waals surface area contributed by atoms with E-state index < -0.39 is 6.67 Å². The first kappa shape index (κ1) is 11.8. The second-order valence-electron chi connectivity index (χ2n) is 4.87. The van der Waals surface area contributed by atoms with Crippen LogP contribution in [0.25, 0.3) is 0 Å². The molecule has 0 aliphatic carbocycles. The Morgan fingerprint density at radius 2 is 1.94 bits per heavy atom. The minimum atomic E-state index is -0.450. The molecule has 0 atom stereocenters. The summed E-state index contributed by atoms with van der Waals surface area (Å²) in [6.07, 6.45) is 2.15. The maximum Gasteiger partial charge on any atom is 0.164 e. The van der Waals surface area contributed by atoms with Crippen LogP contribution in [-0.4, -0.2) is 26.3 Å². The molecule has 3 nitrogen and oxygen atoms in total. The van der Waals surface area contributed by atoms with Crippen LogP contribution in [0.15, 0.2) is 12.1 Å². The third-order valence-electron chi connectivity index (χ3n) is 3.66. The second kappa shape index (κ2) is 5.14. The monoisotopic (exact) mass is 251 g/mol. The Bertz CT molecular complexity index is 430. The minimum absolute atomic E-state index is 0.450. The highest BCUT2D eigenvalue weighted by atomic mass is 19.1. The number of halogens is 1. The highest BCUT2D eigenvalue weighted by molar-refractivity contribution is 5.51. The van der Waals surface area contributed by atoms with Crippen molar-refractivity contribution >= 4 is 0 Å². The average Bonchev–Trinajstić information content (AvgIpc) is 2.47. The molecule has 3 rings (SSSR count). The van der Waals surface area contributed by atoms with Crippen LogP contribution in [0, 0.1) is 0 Å². The molecule has 0 unspecified atom stereocenters. The van der Waals surface area contributed by atoms with Crippen LogP contribution in [0.3, 0.4) is 0 Å². The van der Waals surface area contributed by atoms with Gasteiger partial charge in [0, 0.05) is 5.56 Å². The number of piperidine rings is 1. The summed E-state index contributed by atoms with van der Waals surface area (Å²) in [6, 6.07) is 3.71. The molecule has 0 amide bonds. The first-order chi connectivity index (χ1) is 8.88. The summed E-state index contributed by atoms with van der Waals surface area (Å²) in [4.78, 5) is 0. The van der Waals surface area contributed by atoms with Gasteiger partial charge < -0.3 is 14.8 Å². The van der Waals surface area contributed by atoms with E-state index in [0.717, 1.165) is 37.2 Å². The van der Waals surface area contributed by atoms with Crippen LogP contribution in [0.1, 0.15) is 29.9 Å². The number of ether oxygens (including phenoxy) is 2. The molecule has 0 radical (unpaired) electrons. The minimum Gasteiger partial charge on any atom is -0.486 e. The van der Waals surface area contributed by atoms with Gasteiger partial charge in [0.2, 0.25) is 0 Å². The smallest absolute Gasteiger partial charge is 0.164 e. The molecule has 0 saturated carbocycles. The van der Waals surface area contributed by atoms with Crippen molar-refractivity contribution in [1.82, 2.24) is 5.32 Å². The Morgan fingerprint density at radius 3 is 2.72 bits per heavy atom. The molecule has 1 aromatic carbocycles. The van der Waals surface area contributed by atoms with E-state index in [9.17, 15) is 4.39 Å². The molecular weight excluding hydrogens is 233 g/mol. The first-order valence-electron chi connectivity index (χ1n) is 6.57. The van der Waals surface area contributed by atoms with Crippen molar-refractivity contribution in [3.05, 3.63) is 23.3 Å². The van der Waals surface area contributed by atoms with E-state index in [-0.39, 0.29) is 0 Å². The highest BCUT2D eigenvalue weighted by Gasteiger charge is 2.24. The summed E-state index contributed by atoms with van der Waals surface area (Å²) < 4.78 is 24.3. The summed E-state index contributed by atoms with van der Waals surface area (Å²) in [7, 11) is 0. The van der Waals surface area contributed by atoms with Crippen molar-refractivity contribution in [2.24, 2.45) is 0 Å². The summed E-state index contributed by atoms with van der Waals surface area (Å²) >= 11 is 0. The molecule has 2 heterocycles. The maximum absolute atomic E-state index is 12.9. The van der Waals surface area contributed by atoms with Gasteiger partial charge in [0.25, 0.3) is 0 Å². The lowest BCUT2D eigenvalue weighted by Gasteiger charge is -2.28. The van der Waals surface area contributed by atoms with Gasteiger partial charge in [-0.1, -0.05) is 0 Å². The normalized spacial score (nSPS) is 19.8. The predicted molar refractivity (Wildman–Crippen MR) is 67.1 cm³/mol. The molecule has 1 aromatic rings. The van der Waals surface area contributed by atoms with E-state index in [0.29, 0.717) is 30.4 Å². The highest BCUT2D eigenvalue weighted by Crippen LogP contribution is 2.41. The van der Waals surface area contributed by atoms with Crippen molar-refractivity contribution in [3.63, 3.8) is 0 Å². The summed E-state index contributed by atoms with van der Waals surface area (Å²) in [5, 5.41) is 3.35. The number of hydrogen-bond donors (Lipinski definition) is 1. The van der Waals surface area contributed by atoms with E-state index in [2.05, 4.69) is 5.32 Å². The Hall–Kier alpha value is -1.29. The van der Waals surface area contributed by atoms with Crippen molar-refractivity contribution < 1.29 is 13.9 Å². The summed E-state index contributed by atoms with van der Waals surface area (Å²) in [6.45, 7) is 2.71. The SMILES string of the molecule is FCc1cc2c(c(C3CCNCC3)c1)OCCO2. The maximum atomic E-state index is 12.9. The number of nitrogens with one attached hydrogen (secondary N) is 1. The third-order valence-corrected chi connectivity index (χ3v) is 3.66. The largest absolute Gasteiger partial charge is 0.486 e. The van der Waals surface area contributed by atoms with Crippen LogP contribution >= 0.6 is 0 Å². The van der Waals surface area contributed by atoms with Crippen LogP contribution in [0.4, 0.5) is 4.39 Å². The van der Waals surface area contributed by atoms with Crippen molar-refractivity contribution in [1.29, 1.82) is 0 Å². The zero-order valence-electron chi connectivity index (χ0n) is 10.4. The second-order valence-corrected chi connectivity index (χ2v) is 4.87. The molecule has 1 N–H and O–H groups in total. The van der Waals surface area contributed by atoms with E-state index in [1.807, 2.05) is 6.07 Å². The van der Waals surface area contributed by atoms with Crippen molar-refractivity contribution in [2.75, 3.05) is 26.3 Å². The fraction of sp³-hybridized carbons (Fsp3) is 0.571. The topological polar surface area (TPSA) is 30.5 Å². The number of fused-ring (bicyclic) bond motifs is 1. The van der Waals surface area contributed by atoms with Crippen molar-refractivity contribution in [3.8, 4) is 11.5 Å². The third kappa shape index (κ3) is 2.17. The van der Waals surface area contributed by atoms with Crippen LogP contribution in [0.2, 0.25) is 0 Å². The number of rotatable bonds is 2. The van der Waals surface area contributed by atoms with Gasteiger partial charge in [-0.15, -0.1) is 0 Å². The van der Waals surface area contributed by atoms with Crippen LogP contribution in [-0.2, 0) is 6.67 Å². The Labute approximate surface area is 106 Å². The molecule has 1 fully saturated rings. The zero-order chi connectivity index (χ0) is 12.4. The molecule has 2 aliphatic heterocycles. The number of alkyl halides is 1. The van der Waals surface area contributed by atoms with E-state index in [4.69, 9.17) is 9.47 Å². The number of hydrogen-bond acceptors (Lipinski definition) is 3. The first-order valence-corrected chi connectivity index (χ1v) is 6.57. The lowest BCUT2D eigenvalue weighted by atomic mass is 9.88.